The molecule has 136 valence electrons. The number of benzene rings is 2. The van der Waals surface area contributed by atoms with Crippen molar-refractivity contribution in [2.45, 2.75) is 19.4 Å². The first-order chi connectivity index (χ1) is 13.1. The molecule has 6 heteroatoms. The Labute approximate surface area is 162 Å². The molecule has 1 amide bonds. The Morgan fingerprint density at radius 1 is 1.22 bits per heavy atom. The number of rotatable bonds is 4. The molecule has 1 aromatic heterocycles. The van der Waals surface area contributed by atoms with E-state index in [-0.39, 0.29) is 12.0 Å². The van der Waals surface area contributed by atoms with Crippen LogP contribution in [0.3, 0.4) is 0 Å². The third-order valence-corrected chi connectivity index (χ3v) is 4.80. The summed E-state index contributed by atoms with van der Waals surface area (Å²) in [5.74, 6) is 0.582. The van der Waals surface area contributed by atoms with Crippen molar-refractivity contribution in [2.75, 3.05) is 6.54 Å². The first-order valence-electron chi connectivity index (χ1n) is 8.69. The summed E-state index contributed by atoms with van der Waals surface area (Å²) in [5, 5.41) is 3.50. The lowest BCUT2D eigenvalue weighted by Crippen LogP contribution is -2.34. The number of hydrogen-bond donors (Lipinski definition) is 1. The molecule has 0 radical (unpaired) electrons. The quantitative estimate of drug-likeness (QED) is 0.748. The summed E-state index contributed by atoms with van der Waals surface area (Å²) in [5.41, 5.74) is 4.58. The van der Waals surface area contributed by atoms with Crippen LogP contribution in [0.15, 0.2) is 55.1 Å². The zero-order valence-corrected chi connectivity index (χ0v) is 15.5. The molecule has 0 fully saturated rings. The molecular weight excluding hydrogens is 362 g/mol. The minimum Gasteiger partial charge on any atom is -0.486 e. The molecule has 2 heterocycles. The predicted molar refractivity (Wildman–Crippen MR) is 104 cm³/mol. The van der Waals surface area contributed by atoms with Crippen molar-refractivity contribution in [1.82, 2.24) is 15.3 Å². The minimum absolute atomic E-state index is 0.105. The highest BCUT2D eigenvalue weighted by Crippen LogP contribution is 2.39. The van der Waals surface area contributed by atoms with Crippen molar-refractivity contribution >= 4 is 17.5 Å². The molecule has 1 unspecified atom stereocenters. The number of carbonyl (C=O) groups is 1. The van der Waals surface area contributed by atoms with E-state index in [1.165, 1.54) is 6.33 Å². The first-order valence-corrected chi connectivity index (χ1v) is 9.07. The normalized spacial score (nSPS) is 15.1. The van der Waals surface area contributed by atoms with Gasteiger partial charge in [-0.3, -0.25) is 4.79 Å². The van der Waals surface area contributed by atoms with Gasteiger partial charge in [-0.15, -0.1) is 0 Å². The van der Waals surface area contributed by atoms with Gasteiger partial charge in [-0.25, -0.2) is 9.97 Å². The van der Waals surface area contributed by atoms with Gasteiger partial charge in [0, 0.05) is 35.5 Å². The molecule has 1 N–H and O–H groups in total. The van der Waals surface area contributed by atoms with Gasteiger partial charge in [0.2, 0.25) is 0 Å². The van der Waals surface area contributed by atoms with E-state index in [2.05, 4.69) is 15.3 Å². The van der Waals surface area contributed by atoms with Gasteiger partial charge in [0.15, 0.2) is 0 Å². The van der Waals surface area contributed by atoms with Crippen molar-refractivity contribution in [2.24, 2.45) is 0 Å². The SMILES string of the molecule is Cc1cccc(C(=O)NCC2Cc3cc(-c4cncnc4)cc(Cl)c3O2)c1. The van der Waals surface area contributed by atoms with Crippen LogP contribution in [0.2, 0.25) is 5.02 Å². The Morgan fingerprint density at radius 3 is 2.81 bits per heavy atom. The minimum atomic E-state index is -0.145. The first kappa shape index (κ1) is 17.5. The van der Waals surface area contributed by atoms with Crippen LogP contribution in [0.1, 0.15) is 21.5 Å². The maximum Gasteiger partial charge on any atom is 0.251 e. The Kier molecular flexibility index (Phi) is 4.77. The van der Waals surface area contributed by atoms with Gasteiger partial charge < -0.3 is 10.1 Å². The monoisotopic (exact) mass is 379 g/mol. The molecule has 2 aromatic carbocycles. The number of fused-ring (bicyclic) bond motifs is 1. The number of nitrogens with one attached hydrogen (secondary N) is 1. The summed E-state index contributed by atoms with van der Waals surface area (Å²) < 4.78 is 5.96. The molecule has 1 aliphatic rings. The topological polar surface area (TPSA) is 64.1 Å². The molecule has 1 atom stereocenters. The maximum atomic E-state index is 12.3. The largest absolute Gasteiger partial charge is 0.486 e. The molecule has 27 heavy (non-hydrogen) atoms. The second-order valence-electron chi connectivity index (χ2n) is 6.60. The Balaban J connectivity index is 1.45. The van der Waals surface area contributed by atoms with Crippen molar-refractivity contribution in [1.29, 1.82) is 0 Å². The van der Waals surface area contributed by atoms with Crippen LogP contribution in [-0.2, 0) is 6.42 Å². The van der Waals surface area contributed by atoms with Gasteiger partial charge >= 0.3 is 0 Å². The van der Waals surface area contributed by atoms with Crippen molar-refractivity contribution in [3.8, 4) is 16.9 Å². The van der Waals surface area contributed by atoms with Crippen LogP contribution in [0.5, 0.6) is 5.75 Å². The second-order valence-corrected chi connectivity index (χ2v) is 7.00. The van der Waals surface area contributed by atoms with Crippen molar-refractivity contribution in [3.63, 3.8) is 0 Å². The summed E-state index contributed by atoms with van der Waals surface area (Å²) in [7, 11) is 0. The Morgan fingerprint density at radius 2 is 2.04 bits per heavy atom. The van der Waals surface area contributed by atoms with Gasteiger partial charge in [-0.05, 0) is 36.8 Å². The highest BCUT2D eigenvalue weighted by Gasteiger charge is 2.26. The lowest BCUT2D eigenvalue weighted by Gasteiger charge is -2.12. The average molecular weight is 380 g/mol. The number of aryl methyl sites for hydroxylation is 1. The van der Waals surface area contributed by atoms with Crippen LogP contribution in [0.25, 0.3) is 11.1 Å². The maximum absolute atomic E-state index is 12.3. The fourth-order valence-electron chi connectivity index (χ4n) is 3.21. The third kappa shape index (κ3) is 3.78. The van der Waals surface area contributed by atoms with E-state index in [0.29, 0.717) is 29.3 Å². The van der Waals surface area contributed by atoms with Crippen LogP contribution < -0.4 is 10.1 Å². The molecule has 0 saturated carbocycles. The van der Waals surface area contributed by atoms with Crippen molar-refractivity contribution in [3.05, 3.63) is 76.8 Å². The third-order valence-electron chi connectivity index (χ3n) is 4.52. The number of hydrogen-bond acceptors (Lipinski definition) is 4. The fourth-order valence-corrected chi connectivity index (χ4v) is 3.49. The van der Waals surface area contributed by atoms with Crippen LogP contribution >= 0.6 is 11.6 Å². The van der Waals surface area contributed by atoms with Gasteiger partial charge in [0.25, 0.3) is 5.91 Å². The number of carbonyl (C=O) groups excluding carboxylic acids is 1. The number of amides is 1. The van der Waals surface area contributed by atoms with E-state index in [1.807, 2.05) is 37.3 Å². The van der Waals surface area contributed by atoms with E-state index in [4.69, 9.17) is 16.3 Å². The van der Waals surface area contributed by atoms with Crippen LogP contribution in [0, 0.1) is 6.92 Å². The molecule has 0 spiro atoms. The molecule has 0 aliphatic carbocycles. The standard InChI is InChI=1S/C21H18ClN3O2/c1-13-3-2-4-14(5-13)21(26)25-11-18-7-16-6-15(8-19(22)20(16)27-18)17-9-23-12-24-10-17/h2-6,8-10,12,18H,7,11H2,1H3,(H,25,26). The highest BCUT2D eigenvalue weighted by atomic mass is 35.5. The smallest absolute Gasteiger partial charge is 0.251 e. The lowest BCUT2D eigenvalue weighted by atomic mass is 10.0. The van der Waals surface area contributed by atoms with Gasteiger partial charge in [0.05, 0.1) is 11.6 Å². The number of nitrogens with zero attached hydrogens (tertiary/aromatic N) is 2. The number of halogens is 1. The molecular formula is C21H18ClN3O2. The highest BCUT2D eigenvalue weighted by molar-refractivity contribution is 6.32. The van der Waals surface area contributed by atoms with Gasteiger partial charge in [-0.2, -0.15) is 0 Å². The number of aromatic nitrogens is 2. The Bertz CT molecular complexity index is 992. The average Bonchev–Trinajstić information content (AvgIpc) is 3.10. The van der Waals surface area contributed by atoms with Crippen LogP contribution in [-0.4, -0.2) is 28.5 Å². The molecule has 4 rings (SSSR count). The van der Waals surface area contributed by atoms with E-state index in [0.717, 1.165) is 22.3 Å². The summed E-state index contributed by atoms with van der Waals surface area (Å²) in [6.07, 6.45) is 5.54. The van der Waals surface area contributed by atoms with E-state index < -0.39 is 0 Å². The van der Waals surface area contributed by atoms with Gasteiger partial charge in [0.1, 0.15) is 18.2 Å². The van der Waals surface area contributed by atoms with E-state index >= 15 is 0 Å². The predicted octanol–water partition coefficient (Wildman–Crippen LogP) is 3.84. The second kappa shape index (κ2) is 7.37. The molecule has 3 aromatic rings. The lowest BCUT2D eigenvalue weighted by molar-refractivity contribution is 0.0933. The summed E-state index contributed by atoms with van der Waals surface area (Å²) in [6, 6.07) is 11.4. The Hall–Kier alpha value is -2.92. The summed E-state index contributed by atoms with van der Waals surface area (Å²) >= 11 is 6.41. The zero-order chi connectivity index (χ0) is 18.8. The summed E-state index contributed by atoms with van der Waals surface area (Å²) in [4.78, 5) is 20.4. The molecule has 5 nitrogen and oxygen atoms in total. The zero-order valence-electron chi connectivity index (χ0n) is 14.8. The van der Waals surface area contributed by atoms with Gasteiger partial charge in [-0.1, -0.05) is 29.3 Å². The van der Waals surface area contributed by atoms with Crippen molar-refractivity contribution < 1.29 is 9.53 Å². The fraction of sp³-hybridized carbons (Fsp3) is 0.190. The number of ether oxygens (including phenoxy) is 1. The molecule has 1 aliphatic heterocycles. The summed E-state index contributed by atoms with van der Waals surface area (Å²) in [6.45, 7) is 2.38. The van der Waals surface area contributed by atoms with E-state index in [9.17, 15) is 4.79 Å². The van der Waals surface area contributed by atoms with Crippen LogP contribution in [0.4, 0.5) is 0 Å². The van der Waals surface area contributed by atoms with E-state index in [1.54, 1.807) is 18.5 Å². The molecule has 0 saturated heterocycles. The molecule has 0 bridgehead atoms.